The van der Waals surface area contributed by atoms with E-state index in [2.05, 4.69) is 44.8 Å². The lowest BCUT2D eigenvalue weighted by Crippen LogP contribution is -2.43. The monoisotopic (exact) mass is 226 g/mol. The van der Waals surface area contributed by atoms with Gasteiger partial charge in [0, 0.05) is 18.1 Å². The van der Waals surface area contributed by atoms with Crippen LogP contribution in [0.1, 0.15) is 53.9 Å². The predicted molar refractivity (Wildman–Crippen MR) is 71.8 cm³/mol. The molecule has 0 aromatic rings. The highest BCUT2D eigenvalue weighted by atomic mass is 15.2. The lowest BCUT2D eigenvalue weighted by molar-refractivity contribution is 0.149. The first-order chi connectivity index (χ1) is 7.56. The van der Waals surface area contributed by atoms with Gasteiger partial charge in [-0.05, 0) is 45.2 Å². The van der Waals surface area contributed by atoms with Crippen LogP contribution in [0.2, 0.25) is 0 Å². The first-order valence-corrected chi connectivity index (χ1v) is 7.05. The summed E-state index contributed by atoms with van der Waals surface area (Å²) in [4.78, 5) is 2.73. The molecule has 0 saturated heterocycles. The molecule has 1 aliphatic rings. The second-order valence-corrected chi connectivity index (χ2v) is 5.75. The summed E-state index contributed by atoms with van der Waals surface area (Å²) in [5.41, 5.74) is 0. The zero-order valence-electron chi connectivity index (χ0n) is 11.8. The molecule has 0 aromatic carbocycles. The molecule has 0 radical (unpaired) electrons. The fourth-order valence-corrected chi connectivity index (χ4v) is 2.30. The Balaban J connectivity index is 2.36. The molecule has 2 heteroatoms. The third-order valence-corrected chi connectivity index (χ3v) is 3.69. The zero-order valence-corrected chi connectivity index (χ0v) is 11.8. The van der Waals surface area contributed by atoms with E-state index in [0.29, 0.717) is 6.04 Å². The average molecular weight is 226 g/mol. The third kappa shape index (κ3) is 4.42. The number of nitrogens with one attached hydrogen (secondary N) is 1. The minimum absolute atomic E-state index is 0.607. The van der Waals surface area contributed by atoms with E-state index in [0.717, 1.165) is 24.5 Å². The third-order valence-electron chi connectivity index (χ3n) is 3.69. The Morgan fingerprint density at radius 2 is 1.81 bits per heavy atom. The van der Waals surface area contributed by atoms with Crippen molar-refractivity contribution in [2.75, 3.05) is 13.1 Å². The molecule has 96 valence electrons. The van der Waals surface area contributed by atoms with Crippen LogP contribution in [-0.2, 0) is 0 Å². The van der Waals surface area contributed by atoms with Gasteiger partial charge in [-0.3, -0.25) is 4.90 Å². The maximum atomic E-state index is 3.56. The number of rotatable bonds is 8. The van der Waals surface area contributed by atoms with Gasteiger partial charge >= 0.3 is 0 Å². The highest BCUT2D eigenvalue weighted by molar-refractivity contribution is 4.89. The second kappa shape index (κ2) is 6.61. The molecule has 16 heavy (non-hydrogen) atoms. The van der Waals surface area contributed by atoms with E-state index in [1.165, 1.54) is 25.8 Å². The molecule has 0 bridgehead atoms. The van der Waals surface area contributed by atoms with Gasteiger partial charge in [0.2, 0.25) is 0 Å². The van der Waals surface area contributed by atoms with Crippen molar-refractivity contribution in [3.8, 4) is 0 Å². The number of hydrogen-bond donors (Lipinski definition) is 1. The lowest BCUT2D eigenvalue weighted by Gasteiger charge is -2.33. The van der Waals surface area contributed by atoms with Crippen LogP contribution in [0.4, 0.5) is 0 Å². The van der Waals surface area contributed by atoms with Crippen LogP contribution in [0, 0.1) is 5.92 Å². The summed E-state index contributed by atoms with van der Waals surface area (Å²) in [5.74, 6) is 0.745. The van der Waals surface area contributed by atoms with Crippen molar-refractivity contribution < 1.29 is 0 Å². The molecule has 0 spiro atoms. The summed E-state index contributed by atoms with van der Waals surface area (Å²) in [6.45, 7) is 13.9. The molecule has 2 atom stereocenters. The Kier molecular flexibility index (Phi) is 5.77. The van der Waals surface area contributed by atoms with E-state index in [1.54, 1.807) is 0 Å². The van der Waals surface area contributed by atoms with Gasteiger partial charge in [-0.2, -0.15) is 0 Å². The summed E-state index contributed by atoms with van der Waals surface area (Å²) in [5, 5.41) is 3.56. The molecule has 1 rings (SSSR count). The Bertz CT molecular complexity index is 187. The molecule has 0 aromatic heterocycles. The Labute approximate surface area is 102 Å². The van der Waals surface area contributed by atoms with Crippen molar-refractivity contribution in [1.29, 1.82) is 0 Å². The van der Waals surface area contributed by atoms with Gasteiger partial charge in [-0.15, -0.1) is 0 Å². The lowest BCUT2D eigenvalue weighted by atomic mass is 10.0. The molecule has 0 aliphatic heterocycles. The van der Waals surface area contributed by atoms with Crippen molar-refractivity contribution in [3.05, 3.63) is 0 Å². The smallest absolute Gasteiger partial charge is 0.0108 e. The van der Waals surface area contributed by atoms with E-state index in [9.17, 15) is 0 Å². The standard InChI is InChI=1S/C14H30N2/c1-6-9-16(14-7-8-14)13(5)12(4)10-15-11(2)3/h11-15H,6-10H2,1-5H3. The molecular formula is C14H30N2. The van der Waals surface area contributed by atoms with Crippen molar-refractivity contribution in [2.45, 2.75) is 72.0 Å². The molecule has 2 nitrogen and oxygen atoms in total. The fraction of sp³-hybridized carbons (Fsp3) is 1.00. The second-order valence-electron chi connectivity index (χ2n) is 5.75. The first-order valence-electron chi connectivity index (χ1n) is 7.05. The zero-order chi connectivity index (χ0) is 12.1. The van der Waals surface area contributed by atoms with Crippen molar-refractivity contribution in [3.63, 3.8) is 0 Å². The van der Waals surface area contributed by atoms with E-state index >= 15 is 0 Å². The summed E-state index contributed by atoms with van der Waals surface area (Å²) in [6.07, 6.45) is 4.13. The van der Waals surface area contributed by atoms with E-state index in [4.69, 9.17) is 0 Å². The molecule has 0 amide bonds. The van der Waals surface area contributed by atoms with Crippen LogP contribution < -0.4 is 5.32 Å². The maximum Gasteiger partial charge on any atom is 0.0108 e. The van der Waals surface area contributed by atoms with Gasteiger partial charge in [0.15, 0.2) is 0 Å². The van der Waals surface area contributed by atoms with Crippen LogP contribution in [0.5, 0.6) is 0 Å². The highest BCUT2D eigenvalue weighted by Gasteiger charge is 2.33. The summed E-state index contributed by atoms with van der Waals surface area (Å²) in [7, 11) is 0. The predicted octanol–water partition coefficient (Wildman–Crippen LogP) is 2.88. The van der Waals surface area contributed by atoms with Gasteiger partial charge in [0.1, 0.15) is 0 Å². The van der Waals surface area contributed by atoms with Crippen molar-refractivity contribution >= 4 is 0 Å². The van der Waals surface area contributed by atoms with E-state index < -0.39 is 0 Å². The van der Waals surface area contributed by atoms with E-state index in [-0.39, 0.29) is 0 Å². The summed E-state index contributed by atoms with van der Waals surface area (Å²) in [6, 6.07) is 2.23. The molecular weight excluding hydrogens is 196 g/mol. The summed E-state index contributed by atoms with van der Waals surface area (Å²) >= 11 is 0. The average Bonchev–Trinajstić information content (AvgIpc) is 3.05. The van der Waals surface area contributed by atoms with Crippen molar-refractivity contribution in [1.82, 2.24) is 10.2 Å². The van der Waals surface area contributed by atoms with Gasteiger partial charge in [0.25, 0.3) is 0 Å². The van der Waals surface area contributed by atoms with Gasteiger partial charge in [-0.1, -0.05) is 27.7 Å². The number of hydrogen-bond acceptors (Lipinski definition) is 2. The van der Waals surface area contributed by atoms with Crippen molar-refractivity contribution in [2.24, 2.45) is 5.92 Å². The Morgan fingerprint density at radius 3 is 2.25 bits per heavy atom. The van der Waals surface area contributed by atoms with Crippen LogP contribution in [0.15, 0.2) is 0 Å². The topological polar surface area (TPSA) is 15.3 Å². The van der Waals surface area contributed by atoms with E-state index in [1.807, 2.05) is 0 Å². The fourth-order valence-electron chi connectivity index (χ4n) is 2.30. The molecule has 1 fully saturated rings. The SMILES string of the molecule is CCCN(C1CC1)C(C)C(C)CNC(C)C. The highest BCUT2D eigenvalue weighted by Crippen LogP contribution is 2.30. The summed E-state index contributed by atoms with van der Waals surface area (Å²) < 4.78 is 0. The van der Waals surface area contributed by atoms with Gasteiger partial charge in [-0.25, -0.2) is 0 Å². The quantitative estimate of drug-likeness (QED) is 0.684. The Morgan fingerprint density at radius 1 is 1.19 bits per heavy atom. The molecule has 2 unspecified atom stereocenters. The van der Waals surface area contributed by atoms with Gasteiger partial charge < -0.3 is 5.32 Å². The van der Waals surface area contributed by atoms with Crippen LogP contribution in [0.3, 0.4) is 0 Å². The largest absolute Gasteiger partial charge is 0.314 e. The maximum absolute atomic E-state index is 3.56. The molecule has 1 N–H and O–H groups in total. The van der Waals surface area contributed by atoms with Crippen LogP contribution in [-0.4, -0.2) is 36.1 Å². The van der Waals surface area contributed by atoms with Crippen LogP contribution >= 0.6 is 0 Å². The number of nitrogens with zero attached hydrogens (tertiary/aromatic N) is 1. The first kappa shape index (κ1) is 14.0. The van der Waals surface area contributed by atoms with Crippen LogP contribution in [0.25, 0.3) is 0 Å². The molecule has 1 aliphatic carbocycles. The minimum atomic E-state index is 0.607. The van der Waals surface area contributed by atoms with Gasteiger partial charge in [0.05, 0.1) is 0 Å². The minimum Gasteiger partial charge on any atom is -0.314 e. The Hall–Kier alpha value is -0.0800. The molecule has 1 saturated carbocycles. The normalized spacial score (nSPS) is 20.4. The molecule has 0 heterocycles.